The van der Waals surface area contributed by atoms with E-state index in [9.17, 15) is 17.6 Å². The highest BCUT2D eigenvalue weighted by Crippen LogP contribution is 2.26. The minimum absolute atomic E-state index is 0.0296. The molecular formula is C17H18FN5O4S. The lowest BCUT2D eigenvalue weighted by Crippen LogP contribution is -2.52. The van der Waals surface area contributed by atoms with Crippen molar-refractivity contribution >= 4 is 27.6 Å². The smallest absolute Gasteiger partial charge is 0.274 e. The van der Waals surface area contributed by atoms with Crippen molar-refractivity contribution in [3.8, 4) is 5.75 Å². The number of nitrogens with zero attached hydrogens (tertiary/aromatic N) is 2. The lowest BCUT2D eigenvalue weighted by Gasteiger charge is -2.32. The SMILES string of the molecule is COc1ccc(C(=O)Nc2ccc(F)c(C3CS(=O)(=O)N(C)C(=N)N3)c2)nc1. The molecule has 148 valence electrons. The molecule has 2 aromatic rings. The summed E-state index contributed by atoms with van der Waals surface area (Å²) in [5.74, 6) is -1.44. The number of sulfonamides is 1. The zero-order chi connectivity index (χ0) is 20.5. The number of guanidine groups is 1. The van der Waals surface area contributed by atoms with Crippen LogP contribution in [0.25, 0.3) is 0 Å². The number of methoxy groups -OCH3 is 1. The minimum atomic E-state index is -3.74. The molecule has 1 unspecified atom stereocenters. The van der Waals surface area contributed by atoms with Crippen LogP contribution in [0.1, 0.15) is 22.1 Å². The average molecular weight is 407 g/mol. The summed E-state index contributed by atoms with van der Waals surface area (Å²) >= 11 is 0. The molecule has 1 aromatic heterocycles. The van der Waals surface area contributed by atoms with Gasteiger partial charge < -0.3 is 15.4 Å². The number of rotatable bonds is 4. The van der Waals surface area contributed by atoms with Gasteiger partial charge in [-0.1, -0.05) is 0 Å². The standard InChI is InChI=1S/C17H18FN5O4S/c1-23-17(19)22-15(9-28(23,25)26)12-7-10(3-5-13(12)18)21-16(24)14-6-4-11(27-2)8-20-14/h3-8,15H,9H2,1-2H3,(H2,19,22)(H,21,24). The molecule has 2 heterocycles. The van der Waals surface area contributed by atoms with Crippen LogP contribution in [-0.2, 0) is 10.0 Å². The van der Waals surface area contributed by atoms with Gasteiger partial charge >= 0.3 is 0 Å². The number of aromatic nitrogens is 1. The van der Waals surface area contributed by atoms with Gasteiger partial charge in [-0.15, -0.1) is 0 Å². The Morgan fingerprint density at radius 2 is 2.14 bits per heavy atom. The third kappa shape index (κ3) is 3.88. The van der Waals surface area contributed by atoms with Gasteiger partial charge in [0.2, 0.25) is 16.0 Å². The number of amides is 1. The number of carbonyl (C=O) groups is 1. The maximum absolute atomic E-state index is 14.3. The fourth-order valence-corrected chi connectivity index (χ4v) is 3.88. The molecule has 0 spiro atoms. The zero-order valence-corrected chi connectivity index (χ0v) is 15.9. The summed E-state index contributed by atoms with van der Waals surface area (Å²) in [5.41, 5.74) is 0.430. The van der Waals surface area contributed by atoms with Gasteiger partial charge in [0, 0.05) is 18.3 Å². The number of benzene rings is 1. The molecule has 9 nitrogen and oxygen atoms in total. The molecule has 1 atom stereocenters. The Kier molecular flexibility index (Phi) is 5.18. The van der Waals surface area contributed by atoms with Crippen molar-refractivity contribution in [2.45, 2.75) is 6.04 Å². The molecule has 1 aliphatic heterocycles. The number of halogens is 1. The van der Waals surface area contributed by atoms with E-state index in [1.54, 1.807) is 6.07 Å². The van der Waals surface area contributed by atoms with Crippen molar-refractivity contribution in [2.75, 3.05) is 25.2 Å². The summed E-state index contributed by atoms with van der Waals surface area (Å²) < 4.78 is 44.3. The van der Waals surface area contributed by atoms with Crippen molar-refractivity contribution in [1.82, 2.24) is 14.6 Å². The lowest BCUT2D eigenvalue weighted by atomic mass is 10.1. The molecule has 0 saturated carbocycles. The molecule has 0 radical (unpaired) electrons. The monoisotopic (exact) mass is 407 g/mol. The quantitative estimate of drug-likeness (QED) is 0.702. The molecule has 3 rings (SSSR count). The summed E-state index contributed by atoms with van der Waals surface area (Å²) in [6.45, 7) is 0. The fourth-order valence-electron chi connectivity index (χ4n) is 2.65. The fraction of sp³-hybridized carbons (Fsp3) is 0.235. The highest BCUT2D eigenvalue weighted by molar-refractivity contribution is 7.89. The van der Waals surface area contributed by atoms with E-state index in [4.69, 9.17) is 10.1 Å². The molecule has 0 aliphatic carbocycles. The van der Waals surface area contributed by atoms with E-state index in [0.29, 0.717) is 5.75 Å². The van der Waals surface area contributed by atoms with Crippen LogP contribution >= 0.6 is 0 Å². The van der Waals surface area contributed by atoms with E-state index in [0.717, 1.165) is 10.4 Å². The third-order valence-corrected chi connectivity index (χ3v) is 6.03. The number of carbonyl (C=O) groups excluding carboxylic acids is 1. The van der Waals surface area contributed by atoms with Crippen molar-refractivity contribution in [3.63, 3.8) is 0 Å². The maximum atomic E-state index is 14.3. The van der Waals surface area contributed by atoms with Crippen LogP contribution in [-0.4, -0.2) is 49.5 Å². The van der Waals surface area contributed by atoms with Crippen LogP contribution in [0.5, 0.6) is 5.75 Å². The van der Waals surface area contributed by atoms with E-state index in [1.165, 1.54) is 38.6 Å². The van der Waals surface area contributed by atoms with Crippen LogP contribution < -0.4 is 15.4 Å². The van der Waals surface area contributed by atoms with Crippen molar-refractivity contribution in [2.24, 2.45) is 0 Å². The van der Waals surface area contributed by atoms with Crippen LogP contribution in [0.4, 0.5) is 10.1 Å². The average Bonchev–Trinajstić information content (AvgIpc) is 2.67. The second-order valence-corrected chi connectivity index (χ2v) is 8.11. The second kappa shape index (κ2) is 7.43. The maximum Gasteiger partial charge on any atom is 0.274 e. The zero-order valence-electron chi connectivity index (χ0n) is 15.1. The highest BCUT2D eigenvalue weighted by Gasteiger charge is 2.34. The Morgan fingerprint density at radius 3 is 2.75 bits per heavy atom. The predicted octanol–water partition coefficient (Wildman–Crippen LogP) is 1.32. The predicted molar refractivity (Wildman–Crippen MR) is 100 cm³/mol. The first-order valence-electron chi connectivity index (χ1n) is 8.14. The Labute approximate surface area is 161 Å². The van der Waals surface area contributed by atoms with Crippen LogP contribution in [0, 0.1) is 11.2 Å². The van der Waals surface area contributed by atoms with Crippen molar-refractivity contribution < 1.29 is 22.3 Å². The minimum Gasteiger partial charge on any atom is -0.495 e. The number of hydrogen-bond acceptors (Lipinski definition) is 6. The van der Waals surface area contributed by atoms with Gasteiger partial charge in [-0.3, -0.25) is 10.2 Å². The molecular weight excluding hydrogens is 389 g/mol. The summed E-state index contributed by atoms with van der Waals surface area (Å²) in [4.78, 5) is 16.3. The first-order valence-corrected chi connectivity index (χ1v) is 9.74. The Hall–Kier alpha value is -3.21. The molecule has 3 N–H and O–H groups in total. The first kappa shape index (κ1) is 19.5. The van der Waals surface area contributed by atoms with E-state index < -0.39 is 33.5 Å². The van der Waals surface area contributed by atoms with E-state index in [2.05, 4.69) is 15.6 Å². The number of anilines is 1. The molecule has 1 aliphatic rings. The van der Waals surface area contributed by atoms with Gasteiger partial charge in [-0.05, 0) is 30.3 Å². The molecule has 0 bridgehead atoms. The lowest BCUT2D eigenvalue weighted by molar-refractivity contribution is 0.102. The Bertz CT molecular complexity index is 1030. The molecule has 1 saturated heterocycles. The summed E-state index contributed by atoms with van der Waals surface area (Å²) in [7, 11) is -1.01. The molecule has 1 fully saturated rings. The van der Waals surface area contributed by atoms with Crippen LogP contribution in [0.2, 0.25) is 0 Å². The van der Waals surface area contributed by atoms with Gasteiger partial charge in [0.25, 0.3) is 5.91 Å². The number of nitrogens with one attached hydrogen (secondary N) is 3. The summed E-state index contributed by atoms with van der Waals surface area (Å²) in [6, 6.07) is 5.92. The van der Waals surface area contributed by atoms with Crippen molar-refractivity contribution in [3.05, 3.63) is 53.6 Å². The summed E-state index contributed by atoms with van der Waals surface area (Å²) in [6.07, 6.45) is 1.39. The van der Waals surface area contributed by atoms with Crippen molar-refractivity contribution in [1.29, 1.82) is 5.41 Å². The molecule has 11 heteroatoms. The van der Waals surface area contributed by atoms with Crippen LogP contribution in [0.3, 0.4) is 0 Å². The molecule has 1 amide bonds. The van der Waals surface area contributed by atoms with E-state index >= 15 is 0 Å². The van der Waals surface area contributed by atoms with Gasteiger partial charge in [0.15, 0.2) is 0 Å². The second-order valence-electron chi connectivity index (χ2n) is 6.07. The Morgan fingerprint density at radius 1 is 1.39 bits per heavy atom. The van der Waals surface area contributed by atoms with Crippen LogP contribution in [0.15, 0.2) is 36.5 Å². The molecule has 1 aromatic carbocycles. The highest BCUT2D eigenvalue weighted by atomic mass is 32.2. The van der Waals surface area contributed by atoms with E-state index in [1.807, 2.05) is 0 Å². The molecule has 28 heavy (non-hydrogen) atoms. The van der Waals surface area contributed by atoms with Gasteiger partial charge in [0.1, 0.15) is 17.3 Å². The summed E-state index contributed by atoms with van der Waals surface area (Å²) in [5, 5.41) is 13.0. The van der Waals surface area contributed by atoms with E-state index in [-0.39, 0.29) is 22.9 Å². The van der Waals surface area contributed by atoms with Gasteiger partial charge in [-0.2, -0.15) is 0 Å². The number of pyridine rings is 1. The van der Waals surface area contributed by atoms with Gasteiger partial charge in [-0.25, -0.2) is 22.1 Å². The first-order chi connectivity index (χ1) is 13.2. The third-order valence-electron chi connectivity index (χ3n) is 4.25. The van der Waals surface area contributed by atoms with Gasteiger partial charge in [0.05, 0.1) is 25.1 Å². The number of hydrogen-bond donors (Lipinski definition) is 3. The topological polar surface area (TPSA) is 124 Å². The number of ether oxygens (including phenoxy) is 1. The Balaban J connectivity index is 1.83. The normalized spacial score (nSPS) is 18.3. The largest absolute Gasteiger partial charge is 0.495 e.